The number of halogens is 1. The van der Waals surface area contributed by atoms with Crippen molar-refractivity contribution in [2.75, 3.05) is 11.1 Å². The maximum atomic E-state index is 5.85. The molecule has 0 saturated heterocycles. The molecule has 3 aromatic rings. The summed E-state index contributed by atoms with van der Waals surface area (Å²) in [6.07, 6.45) is 0.891. The molecular weight excluding hydrogens is 366 g/mol. The van der Waals surface area contributed by atoms with Crippen molar-refractivity contribution < 1.29 is 0 Å². The van der Waals surface area contributed by atoms with Crippen molar-refractivity contribution in [1.29, 1.82) is 0 Å². The second-order valence-electron chi connectivity index (χ2n) is 6.09. The highest BCUT2D eigenvalue weighted by atomic mass is 79.9. The second kappa shape index (κ2) is 5.94. The Balaban J connectivity index is 1.78. The summed E-state index contributed by atoms with van der Waals surface area (Å²) in [5.74, 6) is 1.02. The SMILES string of the molecule is Cc1ccccc1[C@@H]1C[C@@H](c2ccc(Br)cc2)Nc2nc(N)nn21. The van der Waals surface area contributed by atoms with Crippen molar-refractivity contribution in [3.63, 3.8) is 0 Å². The molecule has 0 fully saturated rings. The number of hydrogen-bond donors (Lipinski definition) is 2. The molecule has 6 heteroatoms. The van der Waals surface area contributed by atoms with Gasteiger partial charge in [-0.1, -0.05) is 52.3 Å². The summed E-state index contributed by atoms with van der Waals surface area (Å²) in [6.45, 7) is 2.13. The lowest BCUT2D eigenvalue weighted by molar-refractivity contribution is 0.430. The van der Waals surface area contributed by atoms with Crippen molar-refractivity contribution in [3.05, 3.63) is 69.7 Å². The molecule has 0 bridgehead atoms. The number of nitrogen functional groups attached to an aromatic ring is 1. The number of nitrogens with zero attached hydrogens (tertiary/aromatic N) is 3. The van der Waals surface area contributed by atoms with Gasteiger partial charge in [0, 0.05) is 4.47 Å². The van der Waals surface area contributed by atoms with E-state index in [-0.39, 0.29) is 12.1 Å². The van der Waals surface area contributed by atoms with Crippen LogP contribution in [-0.4, -0.2) is 14.8 Å². The number of aryl methyl sites for hydroxylation is 1. The summed E-state index contributed by atoms with van der Waals surface area (Å²) < 4.78 is 2.98. The Morgan fingerprint density at radius 2 is 1.92 bits per heavy atom. The molecule has 0 saturated carbocycles. The van der Waals surface area contributed by atoms with Crippen LogP contribution >= 0.6 is 15.9 Å². The molecule has 5 nitrogen and oxygen atoms in total. The Hall–Kier alpha value is -2.34. The topological polar surface area (TPSA) is 68.8 Å². The molecule has 1 aliphatic rings. The molecule has 24 heavy (non-hydrogen) atoms. The average molecular weight is 384 g/mol. The van der Waals surface area contributed by atoms with E-state index in [9.17, 15) is 0 Å². The number of fused-ring (bicyclic) bond motifs is 1. The van der Waals surface area contributed by atoms with Crippen molar-refractivity contribution in [2.24, 2.45) is 0 Å². The molecule has 0 amide bonds. The van der Waals surface area contributed by atoms with Crippen LogP contribution in [0.3, 0.4) is 0 Å². The Bertz CT molecular complexity index is 871. The highest BCUT2D eigenvalue weighted by Gasteiger charge is 2.31. The van der Waals surface area contributed by atoms with E-state index in [0.717, 1.165) is 16.8 Å². The Kier molecular flexibility index (Phi) is 3.76. The van der Waals surface area contributed by atoms with Gasteiger partial charge in [0.25, 0.3) is 0 Å². The number of hydrogen-bond acceptors (Lipinski definition) is 4. The van der Waals surface area contributed by atoms with Crippen LogP contribution in [0.25, 0.3) is 0 Å². The summed E-state index contributed by atoms with van der Waals surface area (Å²) in [4.78, 5) is 4.36. The van der Waals surface area contributed by atoms with Crippen molar-refractivity contribution in [1.82, 2.24) is 14.8 Å². The van der Waals surface area contributed by atoms with Gasteiger partial charge in [-0.2, -0.15) is 4.98 Å². The molecular formula is C18H18BrN5. The number of anilines is 2. The van der Waals surface area contributed by atoms with E-state index in [0.29, 0.717) is 5.95 Å². The van der Waals surface area contributed by atoms with Crippen molar-refractivity contribution >= 4 is 27.8 Å². The first kappa shape index (κ1) is 15.2. The van der Waals surface area contributed by atoms with E-state index in [1.54, 1.807) is 0 Å². The van der Waals surface area contributed by atoms with Gasteiger partial charge < -0.3 is 11.1 Å². The fraction of sp³-hybridized carbons (Fsp3) is 0.222. The van der Waals surface area contributed by atoms with Crippen molar-refractivity contribution in [2.45, 2.75) is 25.4 Å². The van der Waals surface area contributed by atoms with Gasteiger partial charge in [-0.3, -0.25) is 0 Å². The Morgan fingerprint density at radius 3 is 2.67 bits per heavy atom. The zero-order chi connectivity index (χ0) is 16.7. The smallest absolute Gasteiger partial charge is 0.241 e. The molecule has 3 N–H and O–H groups in total. The average Bonchev–Trinajstić information content (AvgIpc) is 2.95. The predicted octanol–water partition coefficient (Wildman–Crippen LogP) is 4.08. The second-order valence-corrected chi connectivity index (χ2v) is 7.01. The third-order valence-electron chi connectivity index (χ3n) is 4.52. The number of benzene rings is 2. The zero-order valence-corrected chi connectivity index (χ0v) is 14.9. The standard InChI is InChI=1S/C18H18BrN5/c1-11-4-2-3-5-14(11)16-10-15(12-6-8-13(19)9-7-12)21-18-22-17(20)23-24(16)18/h2-9,15-16H,10H2,1H3,(H3,20,21,22,23)/t15-,16-/m0/s1. The summed E-state index contributed by atoms with van der Waals surface area (Å²) >= 11 is 3.49. The zero-order valence-electron chi connectivity index (χ0n) is 13.3. The maximum absolute atomic E-state index is 5.85. The fourth-order valence-corrected chi connectivity index (χ4v) is 3.59. The summed E-state index contributed by atoms with van der Waals surface area (Å²) in [5.41, 5.74) is 9.58. The van der Waals surface area contributed by atoms with Gasteiger partial charge in [0.2, 0.25) is 11.9 Å². The molecule has 2 atom stereocenters. The number of rotatable bonds is 2. The first-order valence-electron chi connectivity index (χ1n) is 7.91. The van der Waals surface area contributed by atoms with E-state index in [1.807, 2.05) is 4.68 Å². The first-order chi connectivity index (χ1) is 11.6. The van der Waals surface area contributed by atoms with Crippen LogP contribution in [-0.2, 0) is 0 Å². The largest absolute Gasteiger partial charge is 0.366 e. The van der Waals surface area contributed by atoms with E-state index in [1.165, 1.54) is 16.7 Å². The molecule has 1 aromatic heterocycles. The van der Waals surface area contributed by atoms with Crippen LogP contribution in [0.2, 0.25) is 0 Å². The fourth-order valence-electron chi connectivity index (χ4n) is 3.33. The monoisotopic (exact) mass is 383 g/mol. The highest BCUT2D eigenvalue weighted by Crippen LogP contribution is 2.39. The predicted molar refractivity (Wildman–Crippen MR) is 98.9 cm³/mol. The molecule has 0 aliphatic carbocycles. The number of aromatic nitrogens is 3. The van der Waals surface area contributed by atoms with Gasteiger partial charge in [0.15, 0.2) is 0 Å². The van der Waals surface area contributed by atoms with Crippen LogP contribution in [0.4, 0.5) is 11.9 Å². The molecule has 0 spiro atoms. The Labute approximate surface area is 149 Å². The molecule has 0 unspecified atom stereocenters. The van der Waals surface area contributed by atoms with E-state index in [2.05, 4.69) is 86.8 Å². The first-order valence-corrected chi connectivity index (χ1v) is 8.70. The van der Waals surface area contributed by atoms with E-state index >= 15 is 0 Å². The molecule has 4 rings (SSSR count). The lowest BCUT2D eigenvalue weighted by Gasteiger charge is -2.32. The van der Waals surface area contributed by atoms with Gasteiger partial charge in [-0.25, -0.2) is 4.68 Å². The molecule has 0 radical (unpaired) electrons. The summed E-state index contributed by atoms with van der Waals surface area (Å²) in [6, 6.07) is 17.1. The van der Waals surface area contributed by atoms with Crippen LogP contribution in [0.1, 0.15) is 35.2 Å². The molecule has 1 aliphatic heterocycles. The summed E-state index contributed by atoms with van der Waals surface area (Å²) in [5, 5.41) is 7.87. The maximum Gasteiger partial charge on any atom is 0.241 e. The lowest BCUT2D eigenvalue weighted by Crippen LogP contribution is -2.28. The minimum absolute atomic E-state index is 0.112. The third kappa shape index (κ3) is 2.67. The summed E-state index contributed by atoms with van der Waals surface area (Å²) in [7, 11) is 0. The normalized spacial score (nSPS) is 19.6. The molecule has 2 aromatic carbocycles. The van der Waals surface area contributed by atoms with Crippen LogP contribution in [0.15, 0.2) is 53.0 Å². The van der Waals surface area contributed by atoms with E-state index in [4.69, 9.17) is 5.73 Å². The van der Waals surface area contributed by atoms with E-state index < -0.39 is 0 Å². The molecule has 122 valence electrons. The molecule has 2 heterocycles. The van der Waals surface area contributed by atoms with Gasteiger partial charge in [0.05, 0.1) is 12.1 Å². The number of nitrogens with two attached hydrogens (primary N) is 1. The number of nitrogens with one attached hydrogen (secondary N) is 1. The van der Waals surface area contributed by atoms with Gasteiger partial charge >= 0.3 is 0 Å². The third-order valence-corrected chi connectivity index (χ3v) is 5.05. The Morgan fingerprint density at radius 1 is 1.17 bits per heavy atom. The minimum atomic E-state index is 0.112. The van der Waals surface area contributed by atoms with Crippen molar-refractivity contribution in [3.8, 4) is 0 Å². The van der Waals surface area contributed by atoms with Gasteiger partial charge in [-0.15, -0.1) is 5.10 Å². The van der Waals surface area contributed by atoms with Crippen LogP contribution in [0.5, 0.6) is 0 Å². The minimum Gasteiger partial charge on any atom is -0.366 e. The highest BCUT2D eigenvalue weighted by molar-refractivity contribution is 9.10. The van der Waals surface area contributed by atoms with Crippen LogP contribution < -0.4 is 11.1 Å². The quantitative estimate of drug-likeness (QED) is 0.699. The lowest BCUT2D eigenvalue weighted by atomic mass is 9.91. The van der Waals surface area contributed by atoms with Gasteiger partial charge in [0.1, 0.15) is 0 Å². The van der Waals surface area contributed by atoms with Crippen LogP contribution in [0, 0.1) is 6.92 Å². The van der Waals surface area contributed by atoms with Gasteiger partial charge in [-0.05, 0) is 42.2 Å².